The summed E-state index contributed by atoms with van der Waals surface area (Å²) in [6.07, 6.45) is 4.78. The summed E-state index contributed by atoms with van der Waals surface area (Å²) in [5, 5.41) is 1.59. The lowest BCUT2D eigenvalue weighted by atomic mass is 9.99. The molecular weight excluding hydrogens is 434 g/mol. The Morgan fingerprint density at radius 2 is 1.69 bits per heavy atom. The van der Waals surface area contributed by atoms with Gasteiger partial charge >= 0.3 is 0 Å². The molecule has 0 aromatic heterocycles. The van der Waals surface area contributed by atoms with Gasteiger partial charge in [-0.25, -0.2) is 0 Å². The zero-order valence-corrected chi connectivity index (χ0v) is 20.7. The van der Waals surface area contributed by atoms with Crippen LogP contribution in [0, 0.1) is 6.92 Å². The van der Waals surface area contributed by atoms with Gasteiger partial charge in [-0.3, -0.25) is 3.93 Å². The fourth-order valence-corrected chi connectivity index (χ4v) is 10.1. The fraction of sp³-hybridized carbons (Fsp3) is 0.308. The monoisotopic (exact) mass is 461 g/mol. The van der Waals surface area contributed by atoms with E-state index >= 15 is 0 Å². The molecular formula is C26H28BrNSi. The Balaban J connectivity index is 1.66. The van der Waals surface area contributed by atoms with Gasteiger partial charge in [-0.05, 0) is 72.7 Å². The van der Waals surface area contributed by atoms with Gasteiger partial charge in [0.15, 0.2) is 0 Å². The number of hydrogen-bond acceptors (Lipinski definition) is 1. The molecule has 2 unspecified atom stereocenters. The molecule has 5 rings (SSSR count). The van der Waals surface area contributed by atoms with Crippen molar-refractivity contribution in [3.63, 3.8) is 0 Å². The second kappa shape index (κ2) is 6.33. The topological polar surface area (TPSA) is 3.24 Å². The highest BCUT2D eigenvalue weighted by Crippen LogP contribution is 2.52. The lowest BCUT2D eigenvalue weighted by Gasteiger charge is -2.32. The molecule has 0 N–H and O–H groups in total. The molecule has 0 radical (unpaired) electrons. The molecule has 2 aromatic rings. The van der Waals surface area contributed by atoms with Crippen LogP contribution in [0.25, 0.3) is 11.6 Å². The highest BCUT2D eigenvalue weighted by molar-refractivity contribution is 9.10. The summed E-state index contributed by atoms with van der Waals surface area (Å²) >= 11 is 3.90. The molecule has 1 nitrogen and oxygen atoms in total. The van der Waals surface area contributed by atoms with Crippen molar-refractivity contribution >= 4 is 46.7 Å². The maximum atomic E-state index is 3.90. The maximum Gasteiger partial charge on any atom is 0.0923 e. The summed E-state index contributed by atoms with van der Waals surface area (Å²) in [6.45, 7) is 14.2. The first-order valence-corrected chi connectivity index (χ1v) is 14.3. The first-order valence-electron chi connectivity index (χ1n) is 10.5. The predicted molar refractivity (Wildman–Crippen MR) is 133 cm³/mol. The zero-order valence-electron chi connectivity index (χ0n) is 18.1. The van der Waals surface area contributed by atoms with Gasteiger partial charge in [-0.1, -0.05) is 60.8 Å². The molecule has 3 aliphatic rings. The zero-order chi connectivity index (χ0) is 20.7. The normalized spacial score (nSPS) is 22.5. The second-order valence-corrected chi connectivity index (χ2v) is 14.8. The van der Waals surface area contributed by atoms with Crippen molar-refractivity contribution in [2.75, 3.05) is 3.93 Å². The van der Waals surface area contributed by atoms with Crippen molar-refractivity contribution in [3.8, 4) is 0 Å². The van der Waals surface area contributed by atoms with Gasteiger partial charge in [-0.2, -0.15) is 0 Å². The number of aryl methyl sites for hydroxylation is 1. The molecule has 1 heterocycles. The number of nitrogens with zero attached hydrogens (tertiary/aromatic N) is 1. The SMILES string of the molecule is CC1=C(C)C2C(=C1C)c1cc([Si](C)(C)C3C=Cc4ccccc43)c(C)cc1N2Br. The van der Waals surface area contributed by atoms with Gasteiger partial charge in [0.1, 0.15) is 0 Å². The number of hydrogen-bond donors (Lipinski definition) is 0. The van der Waals surface area contributed by atoms with E-state index in [1.807, 2.05) is 0 Å². The fourth-order valence-electron chi connectivity index (χ4n) is 5.72. The molecule has 0 amide bonds. The number of benzene rings is 2. The van der Waals surface area contributed by atoms with E-state index in [0.29, 0.717) is 11.6 Å². The predicted octanol–water partition coefficient (Wildman–Crippen LogP) is 6.88. The second-order valence-electron chi connectivity index (χ2n) is 9.43. The van der Waals surface area contributed by atoms with Crippen LogP contribution in [0.1, 0.15) is 48.6 Å². The van der Waals surface area contributed by atoms with Crippen molar-refractivity contribution in [3.05, 3.63) is 81.4 Å². The first kappa shape index (κ1) is 19.1. The van der Waals surface area contributed by atoms with E-state index in [2.05, 4.69) is 109 Å². The minimum atomic E-state index is -1.76. The molecule has 29 heavy (non-hydrogen) atoms. The van der Waals surface area contributed by atoms with Crippen molar-refractivity contribution < 1.29 is 0 Å². The molecule has 3 heteroatoms. The van der Waals surface area contributed by atoms with Gasteiger partial charge in [0.25, 0.3) is 0 Å². The third-order valence-electron chi connectivity index (χ3n) is 7.60. The summed E-state index contributed by atoms with van der Waals surface area (Å²) in [6, 6.07) is 14.2. The quantitative estimate of drug-likeness (QED) is 0.347. The molecule has 0 fully saturated rings. The highest BCUT2D eigenvalue weighted by Gasteiger charge is 2.43. The third kappa shape index (κ3) is 2.50. The first-order chi connectivity index (χ1) is 13.7. The molecule has 148 valence electrons. The van der Waals surface area contributed by atoms with Crippen LogP contribution in [0.5, 0.6) is 0 Å². The molecule has 0 saturated heterocycles. The maximum absolute atomic E-state index is 3.90. The van der Waals surface area contributed by atoms with Crippen molar-refractivity contribution in [2.24, 2.45) is 0 Å². The number of fused-ring (bicyclic) bond motifs is 4. The number of halogens is 1. The molecule has 0 bridgehead atoms. The number of rotatable bonds is 2. The minimum Gasteiger partial charge on any atom is -0.297 e. The van der Waals surface area contributed by atoms with Gasteiger partial charge in [0, 0.05) is 11.1 Å². The van der Waals surface area contributed by atoms with Gasteiger partial charge in [0.05, 0.1) is 36.0 Å². The van der Waals surface area contributed by atoms with E-state index < -0.39 is 8.07 Å². The Hall–Kier alpha value is -1.84. The average molecular weight is 463 g/mol. The van der Waals surface area contributed by atoms with Crippen molar-refractivity contribution in [1.29, 1.82) is 0 Å². The molecule has 0 spiro atoms. The van der Waals surface area contributed by atoms with Crippen LogP contribution >= 0.6 is 16.1 Å². The smallest absolute Gasteiger partial charge is 0.0923 e. The third-order valence-corrected chi connectivity index (χ3v) is 12.4. The van der Waals surface area contributed by atoms with Crippen LogP contribution in [-0.4, -0.2) is 14.1 Å². The Kier molecular flexibility index (Phi) is 4.17. The lowest BCUT2D eigenvalue weighted by Crippen LogP contribution is -2.48. The van der Waals surface area contributed by atoms with Crippen LogP contribution in [0.4, 0.5) is 5.69 Å². The largest absolute Gasteiger partial charge is 0.297 e. The van der Waals surface area contributed by atoms with Crippen molar-refractivity contribution in [2.45, 2.75) is 52.4 Å². The van der Waals surface area contributed by atoms with Gasteiger partial charge in [-0.15, -0.1) is 0 Å². The Bertz CT molecular complexity index is 1150. The van der Waals surface area contributed by atoms with Crippen LogP contribution in [0.15, 0.2) is 59.2 Å². The number of allylic oxidation sites excluding steroid dienone is 3. The summed E-state index contributed by atoms with van der Waals surface area (Å²) in [5.41, 5.74) is 13.5. The molecule has 2 atom stereocenters. The van der Waals surface area contributed by atoms with Crippen LogP contribution in [0.3, 0.4) is 0 Å². The molecule has 2 aromatic carbocycles. The van der Waals surface area contributed by atoms with E-state index in [1.165, 1.54) is 50.2 Å². The van der Waals surface area contributed by atoms with Gasteiger partial charge < -0.3 is 0 Å². The van der Waals surface area contributed by atoms with E-state index in [0.717, 1.165) is 0 Å². The van der Waals surface area contributed by atoms with Crippen LogP contribution < -0.4 is 9.11 Å². The lowest BCUT2D eigenvalue weighted by molar-refractivity contribution is 1.02. The molecule has 0 saturated carbocycles. The van der Waals surface area contributed by atoms with Crippen LogP contribution in [0.2, 0.25) is 13.1 Å². The standard InChI is InChI=1S/C26H28BrNSi/c1-15-13-22-21(25-17(3)16(2)18(4)26(25)28(22)27)14-24(15)29(5,6)23-12-11-19-9-7-8-10-20(19)23/h7-14,23,26H,1-6H3. The minimum absolute atomic E-state index is 0.344. The summed E-state index contributed by atoms with van der Waals surface area (Å²) < 4.78 is 2.31. The van der Waals surface area contributed by atoms with Crippen LogP contribution in [-0.2, 0) is 0 Å². The Labute approximate surface area is 184 Å². The van der Waals surface area contributed by atoms with E-state index in [1.54, 1.807) is 5.19 Å². The summed E-state index contributed by atoms with van der Waals surface area (Å²) in [7, 11) is -1.76. The Morgan fingerprint density at radius 1 is 0.966 bits per heavy atom. The molecule has 1 aliphatic heterocycles. The number of anilines is 1. The van der Waals surface area contributed by atoms with E-state index in [4.69, 9.17) is 0 Å². The highest BCUT2D eigenvalue weighted by atomic mass is 79.9. The van der Waals surface area contributed by atoms with E-state index in [-0.39, 0.29) is 0 Å². The van der Waals surface area contributed by atoms with E-state index in [9.17, 15) is 0 Å². The average Bonchev–Trinajstić information content (AvgIpc) is 3.31. The Morgan fingerprint density at radius 3 is 2.45 bits per heavy atom. The summed E-state index contributed by atoms with van der Waals surface area (Å²) in [5.74, 6) is 0. The van der Waals surface area contributed by atoms with Crippen molar-refractivity contribution in [1.82, 2.24) is 0 Å². The molecule has 2 aliphatic carbocycles. The summed E-state index contributed by atoms with van der Waals surface area (Å²) in [4.78, 5) is 0. The van der Waals surface area contributed by atoms with Gasteiger partial charge in [0.2, 0.25) is 0 Å².